The van der Waals surface area contributed by atoms with Crippen molar-refractivity contribution in [1.82, 2.24) is 9.97 Å². The summed E-state index contributed by atoms with van der Waals surface area (Å²) in [5.41, 5.74) is 2.27. The molecule has 0 radical (unpaired) electrons. The number of benzene rings is 2. The highest BCUT2D eigenvalue weighted by atomic mass is 32.5. The van der Waals surface area contributed by atoms with Crippen LogP contribution in [0.15, 0.2) is 42.7 Å². The van der Waals surface area contributed by atoms with Gasteiger partial charge in [-0.05, 0) is 35.6 Å². The van der Waals surface area contributed by atoms with Gasteiger partial charge in [-0.3, -0.25) is 0 Å². The number of fused-ring (bicyclic) bond motifs is 1. The highest BCUT2D eigenvalue weighted by molar-refractivity contribution is 8.06. The van der Waals surface area contributed by atoms with Crippen LogP contribution in [0.2, 0.25) is 0 Å². The number of anilines is 2. The number of methoxy groups -OCH3 is 2. The largest absolute Gasteiger partial charge is 0.493 e. The van der Waals surface area contributed by atoms with Crippen LogP contribution in [-0.2, 0) is 22.9 Å². The number of nitrogens with zero attached hydrogens (tertiary/aromatic N) is 2. The molecule has 0 bridgehead atoms. The second-order valence-corrected chi connectivity index (χ2v) is 8.20. The average Bonchev–Trinajstić information content (AvgIpc) is 2.66. The van der Waals surface area contributed by atoms with Crippen LogP contribution in [0.1, 0.15) is 5.56 Å². The Hall–Kier alpha value is -2.29. The fraction of sp³-hybridized carbons (Fsp3) is 0.176. The van der Waals surface area contributed by atoms with Gasteiger partial charge in [-0.25, -0.2) is 9.97 Å². The maximum absolute atomic E-state index is 9.12. The molecule has 0 aliphatic rings. The van der Waals surface area contributed by atoms with E-state index >= 15 is 0 Å². The van der Waals surface area contributed by atoms with Crippen molar-refractivity contribution in [3.05, 3.63) is 48.3 Å². The highest BCUT2D eigenvalue weighted by Gasteiger charge is 2.11. The first kappa shape index (κ1) is 19.5. The summed E-state index contributed by atoms with van der Waals surface area (Å²) < 4.78 is 15.5. The molecule has 0 atom stereocenters. The van der Waals surface area contributed by atoms with Crippen molar-refractivity contribution in [2.75, 3.05) is 19.5 Å². The SMILES string of the molecule is COc1cc2ncnc(Nc3ccc(COP(O)(O)=S)cc3)c2cc1OC. The Kier molecular flexibility index (Phi) is 5.88. The summed E-state index contributed by atoms with van der Waals surface area (Å²) in [6.07, 6.45) is 1.47. The molecule has 0 unspecified atom stereocenters. The molecule has 10 heteroatoms. The zero-order chi connectivity index (χ0) is 19.4. The lowest BCUT2D eigenvalue weighted by atomic mass is 10.2. The van der Waals surface area contributed by atoms with Crippen LogP contribution in [0.4, 0.5) is 11.5 Å². The van der Waals surface area contributed by atoms with E-state index in [2.05, 4.69) is 27.1 Å². The van der Waals surface area contributed by atoms with Crippen LogP contribution < -0.4 is 14.8 Å². The average molecular weight is 407 g/mol. The second kappa shape index (κ2) is 8.16. The number of ether oxygens (including phenoxy) is 2. The molecule has 0 fully saturated rings. The van der Waals surface area contributed by atoms with Gasteiger partial charge >= 0.3 is 6.72 Å². The number of rotatable bonds is 7. The molecule has 0 aliphatic carbocycles. The third-order valence-electron chi connectivity index (χ3n) is 3.76. The predicted molar refractivity (Wildman–Crippen MR) is 106 cm³/mol. The van der Waals surface area contributed by atoms with Gasteiger partial charge in [-0.2, -0.15) is 0 Å². The summed E-state index contributed by atoms with van der Waals surface area (Å²) in [5.74, 6) is 1.79. The third kappa shape index (κ3) is 4.91. The van der Waals surface area contributed by atoms with Gasteiger partial charge in [0, 0.05) is 17.1 Å². The van der Waals surface area contributed by atoms with E-state index in [-0.39, 0.29) is 6.61 Å². The maximum atomic E-state index is 9.12. The summed E-state index contributed by atoms with van der Waals surface area (Å²) in [4.78, 5) is 26.8. The number of hydrogen-bond donors (Lipinski definition) is 3. The van der Waals surface area contributed by atoms with E-state index in [9.17, 15) is 0 Å². The van der Waals surface area contributed by atoms with Crippen LogP contribution in [0, 0.1) is 0 Å². The molecular formula is C17H18N3O5PS. The zero-order valence-electron chi connectivity index (χ0n) is 14.6. The molecule has 27 heavy (non-hydrogen) atoms. The van der Waals surface area contributed by atoms with E-state index in [1.54, 1.807) is 32.4 Å². The van der Waals surface area contributed by atoms with Gasteiger partial charge in [0.25, 0.3) is 0 Å². The van der Waals surface area contributed by atoms with Crippen molar-refractivity contribution in [2.24, 2.45) is 0 Å². The van der Waals surface area contributed by atoms with Crippen LogP contribution in [0.3, 0.4) is 0 Å². The summed E-state index contributed by atoms with van der Waals surface area (Å²) in [7, 11) is 3.14. The monoisotopic (exact) mass is 407 g/mol. The molecule has 3 aromatic rings. The van der Waals surface area contributed by atoms with Gasteiger partial charge < -0.3 is 29.1 Å². The topological polar surface area (TPSA) is 106 Å². The van der Waals surface area contributed by atoms with Crippen LogP contribution >= 0.6 is 6.72 Å². The van der Waals surface area contributed by atoms with E-state index < -0.39 is 6.72 Å². The van der Waals surface area contributed by atoms with E-state index in [1.165, 1.54) is 6.33 Å². The first-order valence-corrected chi connectivity index (χ1v) is 10.4. The molecule has 1 aromatic heterocycles. The molecule has 0 spiro atoms. The Morgan fingerprint density at radius 1 is 1.04 bits per heavy atom. The quantitative estimate of drug-likeness (QED) is 0.509. The van der Waals surface area contributed by atoms with Gasteiger partial charge in [-0.1, -0.05) is 12.1 Å². The number of aromatic nitrogens is 2. The first-order valence-electron chi connectivity index (χ1n) is 7.82. The minimum atomic E-state index is -3.66. The molecule has 0 amide bonds. The lowest BCUT2D eigenvalue weighted by Gasteiger charge is -2.12. The third-order valence-corrected chi connectivity index (χ3v) is 4.54. The zero-order valence-corrected chi connectivity index (χ0v) is 16.3. The molecule has 0 aliphatic heterocycles. The summed E-state index contributed by atoms with van der Waals surface area (Å²) >= 11 is 4.43. The minimum absolute atomic E-state index is 0.0258. The van der Waals surface area contributed by atoms with Gasteiger partial charge in [-0.15, -0.1) is 0 Å². The van der Waals surface area contributed by atoms with E-state index in [4.69, 9.17) is 23.8 Å². The van der Waals surface area contributed by atoms with Crippen molar-refractivity contribution in [3.63, 3.8) is 0 Å². The van der Waals surface area contributed by atoms with Crippen molar-refractivity contribution >= 4 is 40.9 Å². The smallest absolute Gasteiger partial charge is 0.322 e. The second-order valence-electron chi connectivity index (χ2n) is 5.53. The Balaban J connectivity index is 1.85. The Labute approximate surface area is 161 Å². The summed E-state index contributed by atoms with van der Waals surface area (Å²) in [6.45, 7) is -3.64. The summed E-state index contributed by atoms with van der Waals surface area (Å²) in [6, 6.07) is 10.8. The molecule has 0 saturated heterocycles. The molecule has 1 heterocycles. The maximum Gasteiger partial charge on any atom is 0.322 e. The lowest BCUT2D eigenvalue weighted by molar-refractivity contribution is 0.242. The number of nitrogens with one attached hydrogen (secondary N) is 1. The van der Waals surface area contributed by atoms with Crippen molar-refractivity contribution in [1.29, 1.82) is 0 Å². The standard InChI is InChI=1S/C17H18N3O5PS/c1-23-15-7-13-14(8-16(15)24-2)18-10-19-17(13)20-12-5-3-11(4-6-12)9-25-26(21,22)27/h3-8,10H,9H2,1-2H3,(H,18,19,20)(H2,21,22,27). The van der Waals surface area contributed by atoms with Gasteiger partial charge in [0.15, 0.2) is 11.5 Å². The van der Waals surface area contributed by atoms with Crippen LogP contribution in [0.5, 0.6) is 11.5 Å². The lowest BCUT2D eigenvalue weighted by Crippen LogP contribution is -1.98. The summed E-state index contributed by atoms with van der Waals surface area (Å²) in [5, 5.41) is 4.02. The Morgan fingerprint density at radius 2 is 1.70 bits per heavy atom. The Bertz CT molecular complexity index is 994. The Morgan fingerprint density at radius 3 is 2.33 bits per heavy atom. The highest BCUT2D eigenvalue weighted by Crippen LogP contribution is 2.37. The molecule has 0 saturated carbocycles. The van der Waals surface area contributed by atoms with Crippen molar-refractivity contribution in [2.45, 2.75) is 6.61 Å². The first-order chi connectivity index (χ1) is 12.9. The number of hydrogen-bond acceptors (Lipinski definition) is 7. The van der Waals surface area contributed by atoms with Gasteiger partial charge in [0.1, 0.15) is 12.1 Å². The van der Waals surface area contributed by atoms with E-state index in [1.807, 2.05) is 18.2 Å². The fourth-order valence-electron chi connectivity index (χ4n) is 2.46. The molecule has 3 rings (SSSR count). The van der Waals surface area contributed by atoms with Crippen molar-refractivity contribution in [3.8, 4) is 11.5 Å². The minimum Gasteiger partial charge on any atom is -0.493 e. The molecule has 3 N–H and O–H groups in total. The molecule has 142 valence electrons. The van der Waals surface area contributed by atoms with Gasteiger partial charge in [0.2, 0.25) is 0 Å². The van der Waals surface area contributed by atoms with Crippen molar-refractivity contribution < 1.29 is 23.8 Å². The van der Waals surface area contributed by atoms with Crippen LogP contribution in [-0.4, -0.2) is 34.0 Å². The van der Waals surface area contributed by atoms with Gasteiger partial charge in [0.05, 0.1) is 26.3 Å². The van der Waals surface area contributed by atoms with E-state index in [0.717, 1.165) is 16.6 Å². The normalized spacial score (nSPS) is 11.4. The molecule has 2 aromatic carbocycles. The molecular weight excluding hydrogens is 389 g/mol. The molecule has 8 nitrogen and oxygen atoms in total. The van der Waals surface area contributed by atoms with Crippen LogP contribution in [0.25, 0.3) is 10.9 Å². The fourth-order valence-corrected chi connectivity index (χ4v) is 2.94. The predicted octanol–water partition coefficient (Wildman–Crippen LogP) is 3.12. The van der Waals surface area contributed by atoms with E-state index in [0.29, 0.717) is 22.8 Å².